The summed E-state index contributed by atoms with van der Waals surface area (Å²) in [6.45, 7) is 1.91. The number of sulfonamides is 1. The minimum atomic E-state index is -3.40. The molecule has 3 N–H and O–H groups in total. The summed E-state index contributed by atoms with van der Waals surface area (Å²) in [7, 11) is -3.40. The maximum Gasteiger partial charge on any atom is 0.238 e. The van der Waals surface area contributed by atoms with Gasteiger partial charge in [0.2, 0.25) is 15.9 Å². The highest BCUT2D eigenvalue weighted by molar-refractivity contribution is 7.88. The first-order valence-electron chi connectivity index (χ1n) is 8.21. The molecule has 1 atom stereocenters. The van der Waals surface area contributed by atoms with E-state index in [0.29, 0.717) is 6.54 Å². The lowest BCUT2D eigenvalue weighted by atomic mass is 9.95. The summed E-state index contributed by atoms with van der Waals surface area (Å²) in [6, 6.07) is 5.36. The molecule has 0 bridgehead atoms. The zero-order valence-electron chi connectivity index (χ0n) is 14.0. The summed E-state index contributed by atoms with van der Waals surface area (Å²) in [5.74, 6) is -0.336. The van der Waals surface area contributed by atoms with E-state index in [-0.39, 0.29) is 5.91 Å². The van der Waals surface area contributed by atoms with Crippen molar-refractivity contribution in [3.05, 3.63) is 35.0 Å². The van der Waals surface area contributed by atoms with Gasteiger partial charge in [0.1, 0.15) is 0 Å². The van der Waals surface area contributed by atoms with Crippen LogP contribution in [0.2, 0.25) is 0 Å². The molecular formula is C17H23N3O3S. The van der Waals surface area contributed by atoms with Crippen LogP contribution >= 0.6 is 0 Å². The molecule has 0 fully saturated rings. The van der Waals surface area contributed by atoms with Crippen molar-refractivity contribution >= 4 is 26.8 Å². The summed E-state index contributed by atoms with van der Waals surface area (Å²) in [5.41, 5.74) is 4.89. The zero-order chi connectivity index (χ0) is 17.3. The van der Waals surface area contributed by atoms with Crippen molar-refractivity contribution in [3.8, 4) is 0 Å². The first-order valence-corrected chi connectivity index (χ1v) is 10.1. The maximum absolute atomic E-state index is 12.0. The molecule has 1 heterocycles. The molecule has 7 heteroatoms. The van der Waals surface area contributed by atoms with Crippen LogP contribution in [0, 0.1) is 0 Å². The van der Waals surface area contributed by atoms with E-state index in [4.69, 9.17) is 0 Å². The SMILES string of the molecule is C[C@H](NS(C)(=O)=O)C(=O)NCc1ccc2[nH]c3c(c2c1)CCCC3. The minimum Gasteiger partial charge on any atom is -0.358 e. The minimum absolute atomic E-state index is 0.336. The molecule has 0 spiro atoms. The van der Waals surface area contributed by atoms with Gasteiger partial charge in [-0.1, -0.05) is 6.07 Å². The van der Waals surface area contributed by atoms with Crippen molar-refractivity contribution in [2.75, 3.05) is 6.26 Å². The van der Waals surface area contributed by atoms with Crippen molar-refractivity contribution < 1.29 is 13.2 Å². The highest BCUT2D eigenvalue weighted by Crippen LogP contribution is 2.29. The predicted molar refractivity (Wildman–Crippen MR) is 94.2 cm³/mol. The lowest BCUT2D eigenvalue weighted by molar-refractivity contribution is -0.122. The van der Waals surface area contributed by atoms with Crippen LogP contribution in [0.15, 0.2) is 18.2 Å². The monoisotopic (exact) mass is 349 g/mol. The normalized spacial score (nSPS) is 15.9. The molecule has 0 radical (unpaired) electrons. The Bertz CT molecular complexity index is 871. The van der Waals surface area contributed by atoms with Crippen LogP contribution in [0.4, 0.5) is 0 Å². The Morgan fingerprint density at radius 2 is 2.04 bits per heavy atom. The van der Waals surface area contributed by atoms with Gasteiger partial charge < -0.3 is 10.3 Å². The molecule has 1 aliphatic carbocycles. The number of nitrogens with one attached hydrogen (secondary N) is 3. The van der Waals surface area contributed by atoms with Crippen LogP contribution in [0.3, 0.4) is 0 Å². The van der Waals surface area contributed by atoms with Crippen LogP contribution in [0.1, 0.15) is 36.6 Å². The molecule has 24 heavy (non-hydrogen) atoms. The van der Waals surface area contributed by atoms with E-state index < -0.39 is 16.1 Å². The molecule has 0 saturated carbocycles. The molecule has 6 nitrogen and oxygen atoms in total. The second-order valence-corrected chi connectivity index (χ2v) is 8.28. The average Bonchev–Trinajstić information content (AvgIpc) is 2.89. The number of aromatic nitrogens is 1. The van der Waals surface area contributed by atoms with Crippen LogP contribution in [-0.4, -0.2) is 31.6 Å². The number of carbonyl (C=O) groups is 1. The van der Waals surface area contributed by atoms with Crippen molar-refractivity contribution in [1.29, 1.82) is 0 Å². The Labute approximate surface area is 142 Å². The number of rotatable bonds is 5. The van der Waals surface area contributed by atoms with Crippen LogP contribution in [0.25, 0.3) is 10.9 Å². The van der Waals surface area contributed by atoms with Gasteiger partial charge >= 0.3 is 0 Å². The molecule has 2 aromatic rings. The molecule has 1 aromatic heterocycles. The van der Waals surface area contributed by atoms with Crippen LogP contribution in [-0.2, 0) is 34.2 Å². The highest BCUT2D eigenvalue weighted by atomic mass is 32.2. The van der Waals surface area contributed by atoms with Gasteiger partial charge in [-0.15, -0.1) is 0 Å². The summed E-state index contributed by atoms with van der Waals surface area (Å²) < 4.78 is 24.6. The smallest absolute Gasteiger partial charge is 0.238 e. The first kappa shape index (κ1) is 17.0. The zero-order valence-corrected chi connectivity index (χ0v) is 14.8. The Balaban J connectivity index is 1.70. The number of H-pyrrole nitrogens is 1. The Hall–Kier alpha value is -1.86. The molecular weight excluding hydrogens is 326 g/mol. The van der Waals surface area contributed by atoms with Gasteiger partial charge in [0, 0.05) is 23.1 Å². The van der Waals surface area contributed by atoms with E-state index in [9.17, 15) is 13.2 Å². The Morgan fingerprint density at radius 3 is 2.79 bits per heavy atom. The molecule has 0 aliphatic heterocycles. The standard InChI is InChI=1S/C17H23N3O3S/c1-11(20-24(2,22)23)17(21)18-10-12-7-8-16-14(9-12)13-5-3-4-6-15(13)19-16/h7-9,11,19-20H,3-6,10H2,1-2H3,(H,18,21)/t11-/m0/s1. The van der Waals surface area contributed by atoms with Crippen LogP contribution in [0.5, 0.6) is 0 Å². The summed E-state index contributed by atoms with van der Waals surface area (Å²) >= 11 is 0. The van der Waals surface area contributed by atoms with Gasteiger partial charge in [-0.25, -0.2) is 13.1 Å². The van der Waals surface area contributed by atoms with Gasteiger partial charge in [-0.3, -0.25) is 4.79 Å². The van der Waals surface area contributed by atoms with Crippen molar-refractivity contribution in [2.45, 2.75) is 45.2 Å². The fourth-order valence-electron chi connectivity index (χ4n) is 3.28. The van der Waals surface area contributed by atoms with Gasteiger partial charge in [-0.2, -0.15) is 0 Å². The molecule has 0 saturated heterocycles. The fraction of sp³-hybridized carbons (Fsp3) is 0.471. The van der Waals surface area contributed by atoms with Crippen molar-refractivity contribution in [2.24, 2.45) is 0 Å². The molecule has 0 unspecified atom stereocenters. The third-order valence-electron chi connectivity index (χ3n) is 4.41. The molecule has 1 aromatic carbocycles. The third-order valence-corrected chi connectivity index (χ3v) is 5.20. The number of amides is 1. The number of aromatic amines is 1. The summed E-state index contributed by atoms with van der Waals surface area (Å²) in [4.78, 5) is 15.5. The summed E-state index contributed by atoms with van der Waals surface area (Å²) in [6.07, 6.45) is 5.69. The van der Waals surface area contributed by atoms with Crippen LogP contribution < -0.4 is 10.0 Å². The third kappa shape index (κ3) is 3.79. The highest BCUT2D eigenvalue weighted by Gasteiger charge is 2.18. The largest absolute Gasteiger partial charge is 0.358 e. The maximum atomic E-state index is 12.0. The number of hydrogen-bond acceptors (Lipinski definition) is 3. The second kappa shape index (κ2) is 6.57. The summed E-state index contributed by atoms with van der Waals surface area (Å²) in [5, 5.41) is 4.02. The number of aryl methyl sites for hydroxylation is 2. The van der Waals surface area contributed by atoms with E-state index in [1.165, 1.54) is 36.4 Å². The van der Waals surface area contributed by atoms with Gasteiger partial charge in [-0.05, 0) is 55.9 Å². The van der Waals surface area contributed by atoms with E-state index in [0.717, 1.165) is 30.2 Å². The van der Waals surface area contributed by atoms with Crippen molar-refractivity contribution in [3.63, 3.8) is 0 Å². The predicted octanol–water partition coefficient (Wildman–Crippen LogP) is 1.60. The molecule has 1 amide bonds. The lowest BCUT2D eigenvalue weighted by Gasteiger charge is -2.13. The lowest BCUT2D eigenvalue weighted by Crippen LogP contribution is -2.44. The molecule has 3 rings (SSSR count). The first-order chi connectivity index (χ1) is 11.3. The number of fused-ring (bicyclic) bond motifs is 3. The van der Waals surface area contributed by atoms with Gasteiger partial charge in [0.05, 0.1) is 12.3 Å². The molecule has 130 valence electrons. The number of carbonyl (C=O) groups excluding carboxylic acids is 1. The molecule has 1 aliphatic rings. The average molecular weight is 349 g/mol. The number of benzene rings is 1. The van der Waals surface area contributed by atoms with E-state index in [2.05, 4.69) is 21.1 Å². The second-order valence-electron chi connectivity index (χ2n) is 6.50. The fourth-order valence-corrected chi connectivity index (χ4v) is 4.03. The topological polar surface area (TPSA) is 91.1 Å². The van der Waals surface area contributed by atoms with Gasteiger partial charge in [0.15, 0.2) is 0 Å². The van der Waals surface area contributed by atoms with E-state index in [1.807, 2.05) is 12.1 Å². The van der Waals surface area contributed by atoms with Crippen molar-refractivity contribution in [1.82, 2.24) is 15.0 Å². The Kier molecular flexibility index (Phi) is 4.64. The quantitative estimate of drug-likeness (QED) is 0.766. The van der Waals surface area contributed by atoms with E-state index >= 15 is 0 Å². The Morgan fingerprint density at radius 1 is 1.29 bits per heavy atom. The van der Waals surface area contributed by atoms with Gasteiger partial charge in [0.25, 0.3) is 0 Å². The number of hydrogen-bond donors (Lipinski definition) is 3. The van der Waals surface area contributed by atoms with E-state index in [1.54, 1.807) is 0 Å².